The van der Waals surface area contributed by atoms with Crippen LogP contribution in [0.4, 0.5) is 0 Å². The van der Waals surface area contributed by atoms with Gasteiger partial charge in [0.15, 0.2) is 0 Å². The summed E-state index contributed by atoms with van der Waals surface area (Å²) >= 11 is 0. The predicted molar refractivity (Wildman–Crippen MR) is 85.9 cm³/mol. The van der Waals surface area contributed by atoms with Crippen LogP contribution in [0.15, 0.2) is 18.2 Å². The standard InChI is InChI=1S/C19H22O2/c1-6-20-18-13(4)9-14(5)19-16(18)10-15-8-11(2)7-12(3)17(15)21-19/h7-9H,6,10H2,1-5H3. The fourth-order valence-corrected chi connectivity index (χ4v) is 3.30. The zero-order chi connectivity index (χ0) is 15.1. The number of fused-ring (bicyclic) bond motifs is 2. The summed E-state index contributed by atoms with van der Waals surface area (Å²) in [7, 11) is 0. The summed E-state index contributed by atoms with van der Waals surface area (Å²) in [4.78, 5) is 0. The van der Waals surface area contributed by atoms with E-state index in [1.54, 1.807) is 0 Å². The number of aryl methyl sites for hydroxylation is 4. The lowest BCUT2D eigenvalue weighted by atomic mass is 9.92. The maximum Gasteiger partial charge on any atom is 0.137 e. The second kappa shape index (κ2) is 5.10. The molecule has 0 aromatic heterocycles. The molecule has 0 atom stereocenters. The molecule has 0 saturated carbocycles. The van der Waals surface area contributed by atoms with Crippen LogP contribution in [0.5, 0.6) is 17.2 Å². The summed E-state index contributed by atoms with van der Waals surface area (Å²) in [5, 5.41) is 0. The molecule has 0 aliphatic carbocycles. The molecule has 2 heteroatoms. The maximum atomic E-state index is 6.26. The molecule has 0 saturated heterocycles. The number of rotatable bonds is 2. The molecule has 1 aliphatic rings. The van der Waals surface area contributed by atoms with Crippen molar-refractivity contribution in [3.63, 3.8) is 0 Å². The van der Waals surface area contributed by atoms with Crippen LogP contribution >= 0.6 is 0 Å². The van der Waals surface area contributed by atoms with Gasteiger partial charge in [-0.2, -0.15) is 0 Å². The minimum absolute atomic E-state index is 0.677. The van der Waals surface area contributed by atoms with Crippen LogP contribution < -0.4 is 9.47 Å². The molecule has 0 radical (unpaired) electrons. The predicted octanol–water partition coefficient (Wildman–Crippen LogP) is 5.02. The second-order valence-electron chi connectivity index (χ2n) is 5.93. The van der Waals surface area contributed by atoms with Crippen molar-refractivity contribution < 1.29 is 9.47 Å². The lowest BCUT2D eigenvalue weighted by molar-refractivity contribution is 0.329. The average molecular weight is 282 g/mol. The van der Waals surface area contributed by atoms with Gasteiger partial charge < -0.3 is 9.47 Å². The molecule has 2 aromatic rings. The highest BCUT2D eigenvalue weighted by Gasteiger charge is 2.25. The minimum Gasteiger partial charge on any atom is -0.493 e. The van der Waals surface area contributed by atoms with Gasteiger partial charge in [0.1, 0.15) is 17.2 Å². The van der Waals surface area contributed by atoms with E-state index in [4.69, 9.17) is 9.47 Å². The normalized spacial score (nSPS) is 12.4. The molecular formula is C19H22O2. The highest BCUT2D eigenvalue weighted by molar-refractivity contribution is 5.62. The Balaban J connectivity index is 2.18. The van der Waals surface area contributed by atoms with Gasteiger partial charge in [0.2, 0.25) is 0 Å². The molecule has 21 heavy (non-hydrogen) atoms. The fourth-order valence-electron chi connectivity index (χ4n) is 3.30. The Morgan fingerprint density at radius 2 is 1.67 bits per heavy atom. The van der Waals surface area contributed by atoms with Gasteiger partial charge in [-0.1, -0.05) is 17.7 Å². The fraction of sp³-hybridized carbons (Fsp3) is 0.368. The Morgan fingerprint density at radius 3 is 2.38 bits per heavy atom. The van der Waals surface area contributed by atoms with Gasteiger partial charge >= 0.3 is 0 Å². The molecule has 1 aliphatic heterocycles. The van der Waals surface area contributed by atoms with Crippen molar-refractivity contribution in [1.82, 2.24) is 0 Å². The quantitative estimate of drug-likeness (QED) is 0.657. The van der Waals surface area contributed by atoms with Crippen molar-refractivity contribution in [3.8, 4) is 17.2 Å². The third-order valence-electron chi connectivity index (χ3n) is 4.05. The number of hydrogen-bond acceptors (Lipinski definition) is 2. The molecule has 0 N–H and O–H groups in total. The van der Waals surface area contributed by atoms with E-state index in [1.807, 2.05) is 6.92 Å². The van der Waals surface area contributed by atoms with Gasteiger partial charge in [0.05, 0.1) is 6.61 Å². The maximum absolute atomic E-state index is 6.26. The van der Waals surface area contributed by atoms with Crippen LogP contribution in [0.3, 0.4) is 0 Å². The SMILES string of the molecule is CCOc1c(C)cc(C)c2c1Cc1cc(C)cc(C)c1O2. The van der Waals surface area contributed by atoms with Gasteiger partial charge in [-0.3, -0.25) is 0 Å². The lowest BCUT2D eigenvalue weighted by Crippen LogP contribution is -2.10. The Labute approximate surface area is 126 Å². The summed E-state index contributed by atoms with van der Waals surface area (Å²) in [6.07, 6.45) is 0.880. The second-order valence-corrected chi connectivity index (χ2v) is 5.93. The summed E-state index contributed by atoms with van der Waals surface area (Å²) in [5.74, 6) is 2.98. The van der Waals surface area contributed by atoms with E-state index in [1.165, 1.54) is 33.4 Å². The van der Waals surface area contributed by atoms with Crippen molar-refractivity contribution in [3.05, 3.63) is 51.6 Å². The van der Waals surface area contributed by atoms with E-state index >= 15 is 0 Å². The third kappa shape index (κ3) is 2.29. The Kier molecular flexibility index (Phi) is 3.40. The Morgan fingerprint density at radius 1 is 0.952 bits per heavy atom. The highest BCUT2D eigenvalue weighted by Crippen LogP contribution is 2.45. The first kappa shape index (κ1) is 14.0. The van der Waals surface area contributed by atoms with E-state index in [0.717, 1.165) is 23.7 Å². The first-order valence-corrected chi connectivity index (χ1v) is 7.55. The van der Waals surface area contributed by atoms with Crippen molar-refractivity contribution in [2.45, 2.75) is 41.0 Å². The summed E-state index contributed by atoms with van der Waals surface area (Å²) < 4.78 is 12.1. The van der Waals surface area contributed by atoms with Crippen molar-refractivity contribution in [2.75, 3.05) is 6.61 Å². The molecular weight excluding hydrogens is 260 g/mol. The van der Waals surface area contributed by atoms with Crippen LogP contribution in [0.25, 0.3) is 0 Å². The lowest BCUT2D eigenvalue weighted by Gasteiger charge is -2.26. The Hall–Kier alpha value is -1.96. The van der Waals surface area contributed by atoms with Crippen molar-refractivity contribution >= 4 is 0 Å². The van der Waals surface area contributed by atoms with Crippen molar-refractivity contribution in [2.24, 2.45) is 0 Å². The molecule has 0 bridgehead atoms. The van der Waals surface area contributed by atoms with Crippen molar-refractivity contribution in [1.29, 1.82) is 0 Å². The van der Waals surface area contributed by atoms with E-state index in [2.05, 4.69) is 45.9 Å². The molecule has 2 aromatic carbocycles. The summed E-state index contributed by atoms with van der Waals surface area (Å²) in [6, 6.07) is 6.55. The van der Waals surface area contributed by atoms with Crippen LogP contribution in [-0.4, -0.2) is 6.61 Å². The van der Waals surface area contributed by atoms with Gasteiger partial charge in [0.25, 0.3) is 0 Å². The average Bonchev–Trinajstić information content (AvgIpc) is 2.42. The van der Waals surface area contributed by atoms with E-state index in [9.17, 15) is 0 Å². The minimum atomic E-state index is 0.677. The first-order chi connectivity index (χ1) is 10.0. The van der Waals surface area contributed by atoms with Crippen LogP contribution in [0.1, 0.15) is 40.3 Å². The zero-order valence-corrected chi connectivity index (χ0v) is 13.5. The number of hydrogen-bond donors (Lipinski definition) is 0. The zero-order valence-electron chi connectivity index (χ0n) is 13.5. The smallest absolute Gasteiger partial charge is 0.137 e. The van der Waals surface area contributed by atoms with Crippen LogP contribution in [-0.2, 0) is 6.42 Å². The first-order valence-electron chi connectivity index (χ1n) is 7.55. The molecule has 2 nitrogen and oxygen atoms in total. The molecule has 0 unspecified atom stereocenters. The monoisotopic (exact) mass is 282 g/mol. The third-order valence-corrected chi connectivity index (χ3v) is 4.05. The molecule has 0 spiro atoms. The Bertz CT molecular complexity index is 714. The molecule has 110 valence electrons. The van der Waals surface area contributed by atoms with Gasteiger partial charge in [-0.05, 0) is 62.9 Å². The van der Waals surface area contributed by atoms with Crippen LogP contribution in [0.2, 0.25) is 0 Å². The van der Waals surface area contributed by atoms with E-state index < -0.39 is 0 Å². The van der Waals surface area contributed by atoms with E-state index in [-0.39, 0.29) is 0 Å². The van der Waals surface area contributed by atoms with Gasteiger partial charge in [0, 0.05) is 12.0 Å². The summed E-state index contributed by atoms with van der Waals surface area (Å²) in [5.41, 5.74) is 7.29. The number of benzene rings is 2. The summed E-state index contributed by atoms with van der Waals surface area (Å²) in [6.45, 7) is 11.2. The van der Waals surface area contributed by atoms with Crippen LogP contribution in [0, 0.1) is 27.7 Å². The topological polar surface area (TPSA) is 18.5 Å². The van der Waals surface area contributed by atoms with E-state index in [0.29, 0.717) is 6.61 Å². The molecule has 0 amide bonds. The number of ether oxygens (including phenoxy) is 2. The molecule has 3 rings (SSSR count). The van der Waals surface area contributed by atoms with Gasteiger partial charge in [-0.25, -0.2) is 0 Å². The van der Waals surface area contributed by atoms with Gasteiger partial charge in [-0.15, -0.1) is 0 Å². The molecule has 1 heterocycles. The largest absolute Gasteiger partial charge is 0.493 e. The highest BCUT2D eigenvalue weighted by atomic mass is 16.5. The molecule has 0 fully saturated rings.